The quantitative estimate of drug-likeness (QED) is 0.0321. The van der Waals surface area contributed by atoms with E-state index in [1.165, 1.54) is 38.3 Å². The first-order valence-electron chi connectivity index (χ1n) is 32.9. The van der Waals surface area contributed by atoms with Gasteiger partial charge in [-0.1, -0.05) is 118 Å². The predicted molar refractivity (Wildman–Crippen MR) is 353 cm³/mol. The molecule has 2 aliphatic rings. The van der Waals surface area contributed by atoms with Crippen molar-refractivity contribution in [3.63, 3.8) is 0 Å². The smallest absolute Gasteiger partial charge is 0.410 e. The van der Waals surface area contributed by atoms with Crippen molar-refractivity contribution in [1.29, 1.82) is 0 Å². The second-order valence-corrected chi connectivity index (χ2v) is 25.8. The highest BCUT2D eigenvalue weighted by Crippen LogP contribution is 2.31. The van der Waals surface area contributed by atoms with Crippen LogP contribution in [0.2, 0.25) is 0 Å². The molecular formula is C68H105N11O15. The molecule has 12 amide bonds. The van der Waals surface area contributed by atoms with Crippen LogP contribution in [-0.4, -0.2) is 192 Å². The molecule has 0 bridgehead atoms. The lowest BCUT2D eigenvalue weighted by Crippen LogP contribution is -2.60. The Morgan fingerprint density at radius 1 is 0.713 bits per heavy atom. The SMILES string of the molecule is CC[C@H](C)[C@@H]([C@@H](CC(=O)N1CCC[C@H]1C(OC)[C@@H](C)C(=O)N[C@H](C)[C@@H](O)c1ccccc1)OC)N(C)C(=O)[C@@H](NC(=O)[C@H](C(C)C)N(C)C(=O)OCc1ccc(NC(=O)C(CCCNC(N)=O)NC(=O)[C@@H](NC(=O)CCCCCN2C(=O)C=CC2=O)C(C)C)cc1)C(C)C. The van der Waals surface area contributed by atoms with Gasteiger partial charge in [0.05, 0.1) is 48.8 Å². The van der Waals surface area contributed by atoms with Crippen LogP contribution in [0.15, 0.2) is 66.7 Å². The number of unbranched alkanes of at least 4 members (excludes halogenated alkanes) is 2. The van der Waals surface area contributed by atoms with Crippen LogP contribution in [0.5, 0.6) is 0 Å². The van der Waals surface area contributed by atoms with Crippen LogP contribution in [0, 0.1) is 29.6 Å². The Morgan fingerprint density at radius 2 is 1.35 bits per heavy atom. The molecule has 2 unspecified atom stereocenters. The van der Waals surface area contributed by atoms with Gasteiger partial charge in [-0.2, -0.15) is 0 Å². The molecule has 2 heterocycles. The second-order valence-electron chi connectivity index (χ2n) is 25.8. The summed E-state index contributed by atoms with van der Waals surface area (Å²) in [4.78, 5) is 152. The standard InChI is InChI=1S/C68H105N11O15/c1-15-43(8)59(51(92-13)38-55(83)78-37-23-27-50(78)61(93-14)44(9)62(85)71-45(10)60(84)47-24-18-16-19-25-47)76(11)66(89)57(41(4)5)75-65(88)58(42(6)7)77(12)68(91)94-39-46-29-31-48(32-30-46)72-63(86)49(26-22-35-70-67(69)90)73-64(87)56(40(2)3)74-52(80)28-20-17-21-36-79-53(81)33-34-54(79)82/h16,18-19,24-25,29-34,40-45,49-51,56-61,84H,15,17,20-23,26-28,35-39H2,1-14H3,(H,71,85)(H,72,86)(H,73,87)(H,74,80)(H,75,88)(H3,69,70,90)/t43-,44+,45+,49?,50-,51+,56-,57-,58-,59-,60+,61?/m0/s1. The zero-order chi connectivity index (χ0) is 70.1. The first-order chi connectivity index (χ1) is 44.5. The van der Waals surface area contributed by atoms with Crippen LogP contribution in [0.1, 0.15) is 151 Å². The number of methoxy groups -OCH3 is 2. The highest BCUT2D eigenvalue weighted by Gasteiger charge is 2.44. The highest BCUT2D eigenvalue weighted by atomic mass is 16.6. The Kier molecular flexibility index (Phi) is 32.1. The van der Waals surface area contributed by atoms with Gasteiger partial charge in [-0.05, 0) is 92.4 Å². The summed E-state index contributed by atoms with van der Waals surface area (Å²) in [6.07, 6.45) is 2.94. The van der Waals surface area contributed by atoms with E-state index in [-0.39, 0.29) is 86.8 Å². The molecule has 0 radical (unpaired) electrons. The molecule has 0 aromatic heterocycles. The van der Waals surface area contributed by atoms with E-state index in [1.54, 1.807) is 109 Å². The van der Waals surface area contributed by atoms with Gasteiger partial charge >= 0.3 is 12.1 Å². The van der Waals surface area contributed by atoms with E-state index in [0.717, 1.165) is 4.90 Å². The number of urea groups is 1. The van der Waals surface area contributed by atoms with Gasteiger partial charge in [0.1, 0.15) is 30.8 Å². The lowest BCUT2D eigenvalue weighted by Gasteiger charge is -2.41. The van der Waals surface area contributed by atoms with Crippen LogP contribution in [0.4, 0.5) is 15.3 Å². The molecular weight excluding hydrogens is 1210 g/mol. The van der Waals surface area contributed by atoms with Crippen molar-refractivity contribution in [3.8, 4) is 0 Å². The third-order valence-electron chi connectivity index (χ3n) is 17.7. The molecule has 2 aromatic rings. The number of hydrogen-bond acceptors (Lipinski definition) is 15. The molecule has 2 aliphatic heterocycles. The van der Waals surface area contributed by atoms with Gasteiger partial charge in [-0.3, -0.25) is 53.0 Å². The van der Waals surface area contributed by atoms with E-state index in [1.807, 2.05) is 32.0 Å². The Labute approximate surface area is 554 Å². The topological polar surface area (TPSA) is 347 Å². The number of anilines is 1. The minimum Gasteiger partial charge on any atom is -0.445 e. The Bertz CT molecular complexity index is 2880. The van der Waals surface area contributed by atoms with Gasteiger partial charge < -0.3 is 66.8 Å². The number of carbonyl (C=O) groups is 11. The predicted octanol–water partition coefficient (Wildman–Crippen LogP) is 5.08. The van der Waals surface area contributed by atoms with Gasteiger partial charge in [0.25, 0.3) is 11.8 Å². The lowest BCUT2D eigenvalue weighted by atomic mass is 9.89. The number of carbonyl (C=O) groups excluding carboxylic acids is 11. The van der Waals surface area contributed by atoms with Gasteiger partial charge in [-0.25, -0.2) is 9.59 Å². The maximum absolute atomic E-state index is 14.8. The fourth-order valence-corrected chi connectivity index (χ4v) is 12.1. The summed E-state index contributed by atoms with van der Waals surface area (Å²) in [5, 5.41) is 27.6. The summed E-state index contributed by atoms with van der Waals surface area (Å²) in [6, 6.07) is 8.74. The third kappa shape index (κ3) is 22.9. The molecule has 0 spiro atoms. The average Bonchev–Trinajstić information content (AvgIpc) is 1.33. The van der Waals surface area contributed by atoms with Crippen LogP contribution < -0.4 is 37.6 Å². The monoisotopic (exact) mass is 1320 g/mol. The molecule has 1 saturated heterocycles. The van der Waals surface area contributed by atoms with Crippen molar-refractivity contribution in [2.75, 3.05) is 53.3 Å². The molecule has 4 rings (SSSR count). The average molecular weight is 1320 g/mol. The summed E-state index contributed by atoms with van der Waals surface area (Å²) in [6.45, 7) is 18.6. The number of likely N-dealkylation sites (N-methyl/N-ethyl adjacent to an activating group) is 2. The normalized spacial score (nSPS) is 17.4. The minimum absolute atomic E-state index is 0.0841. The van der Waals surface area contributed by atoms with E-state index in [2.05, 4.69) is 31.9 Å². The van der Waals surface area contributed by atoms with Gasteiger partial charge in [0.15, 0.2) is 0 Å². The Balaban J connectivity index is 1.37. The molecule has 2 aromatic carbocycles. The summed E-state index contributed by atoms with van der Waals surface area (Å²) in [5.41, 5.74) is 6.77. The summed E-state index contributed by atoms with van der Waals surface area (Å²) >= 11 is 0. The number of primary amides is 1. The molecule has 0 aliphatic carbocycles. The van der Waals surface area contributed by atoms with Gasteiger partial charge in [-0.15, -0.1) is 0 Å². The van der Waals surface area contributed by atoms with E-state index >= 15 is 0 Å². The number of aliphatic hydroxyl groups is 1. The number of benzene rings is 2. The first-order valence-corrected chi connectivity index (χ1v) is 32.9. The maximum atomic E-state index is 14.8. The van der Waals surface area contributed by atoms with E-state index < -0.39 is 114 Å². The van der Waals surface area contributed by atoms with Crippen molar-refractivity contribution in [2.45, 2.75) is 201 Å². The maximum Gasteiger partial charge on any atom is 0.410 e. The Morgan fingerprint density at radius 3 is 1.93 bits per heavy atom. The van der Waals surface area contributed by atoms with Crippen LogP contribution in [0.25, 0.3) is 0 Å². The lowest BCUT2D eigenvalue weighted by molar-refractivity contribution is -0.148. The fraction of sp³-hybridized carbons (Fsp3) is 0.632. The van der Waals surface area contributed by atoms with E-state index in [9.17, 15) is 57.8 Å². The van der Waals surface area contributed by atoms with E-state index in [0.29, 0.717) is 61.9 Å². The summed E-state index contributed by atoms with van der Waals surface area (Å²) in [7, 11) is 6.08. The number of nitrogens with zero attached hydrogens (tertiary/aromatic N) is 4. The molecule has 94 heavy (non-hydrogen) atoms. The number of likely N-dealkylation sites (tertiary alicyclic amines) is 1. The summed E-state index contributed by atoms with van der Waals surface area (Å²) in [5.74, 6) is -6.02. The van der Waals surface area contributed by atoms with Crippen molar-refractivity contribution < 1.29 is 72.1 Å². The molecule has 26 heteroatoms. The van der Waals surface area contributed by atoms with Crippen molar-refractivity contribution in [3.05, 3.63) is 77.9 Å². The number of hydrogen-bond donors (Lipinski definition) is 8. The van der Waals surface area contributed by atoms with Crippen molar-refractivity contribution in [1.82, 2.24) is 46.2 Å². The van der Waals surface area contributed by atoms with Gasteiger partial charge in [0, 0.05) is 72.2 Å². The molecule has 1 fully saturated rings. The van der Waals surface area contributed by atoms with Crippen molar-refractivity contribution in [2.24, 2.45) is 35.3 Å². The largest absolute Gasteiger partial charge is 0.445 e. The minimum atomic E-state index is -1.11. The Hall–Kier alpha value is -7.97. The van der Waals surface area contributed by atoms with E-state index in [4.69, 9.17) is 19.9 Å². The zero-order valence-corrected chi connectivity index (χ0v) is 57.4. The second kappa shape index (κ2) is 38.4. The number of nitrogens with one attached hydrogen (secondary N) is 6. The van der Waals surface area contributed by atoms with Crippen LogP contribution >= 0.6 is 0 Å². The summed E-state index contributed by atoms with van der Waals surface area (Å²) < 4.78 is 17.7. The number of rotatable bonds is 38. The molecule has 9 N–H and O–H groups in total. The number of aliphatic hydroxyl groups excluding tert-OH is 1. The number of ether oxygens (including phenoxy) is 3. The zero-order valence-electron chi connectivity index (χ0n) is 57.4. The van der Waals surface area contributed by atoms with Crippen LogP contribution in [0.3, 0.4) is 0 Å². The number of imide groups is 1. The molecule has 0 saturated carbocycles. The number of nitrogens with two attached hydrogens (primary N) is 1. The molecule has 12 atom stereocenters. The fourth-order valence-electron chi connectivity index (χ4n) is 12.1. The van der Waals surface area contributed by atoms with Gasteiger partial charge in [0.2, 0.25) is 41.4 Å². The first kappa shape index (κ1) is 78.5. The third-order valence-corrected chi connectivity index (χ3v) is 17.7. The molecule has 26 nitrogen and oxygen atoms in total. The number of amides is 12. The van der Waals surface area contributed by atoms with Crippen molar-refractivity contribution >= 4 is 71.0 Å². The molecule has 522 valence electrons. The van der Waals surface area contributed by atoms with Crippen LogP contribution in [-0.2, 0) is 64.0 Å². The highest BCUT2D eigenvalue weighted by molar-refractivity contribution is 6.12.